The molecule has 0 radical (unpaired) electrons. The summed E-state index contributed by atoms with van der Waals surface area (Å²) in [4.78, 5) is 13.9. The van der Waals surface area contributed by atoms with Crippen LogP contribution in [0.4, 0.5) is 5.69 Å². The van der Waals surface area contributed by atoms with Crippen molar-refractivity contribution in [3.05, 3.63) is 107 Å². The van der Waals surface area contributed by atoms with Gasteiger partial charge in [-0.05, 0) is 65.4 Å². The molecule has 0 spiro atoms. The summed E-state index contributed by atoms with van der Waals surface area (Å²) in [5.74, 6) is 0.772. The summed E-state index contributed by atoms with van der Waals surface area (Å²) in [7, 11) is 1.63. The first-order valence-electron chi connectivity index (χ1n) is 11.6. The summed E-state index contributed by atoms with van der Waals surface area (Å²) >= 11 is 0. The van der Waals surface area contributed by atoms with Crippen molar-refractivity contribution >= 4 is 11.6 Å². The van der Waals surface area contributed by atoms with Crippen LogP contribution >= 0.6 is 0 Å². The van der Waals surface area contributed by atoms with Crippen molar-refractivity contribution in [2.75, 3.05) is 12.4 Å². The van der Waals surface area contributed by atoms with E-state index in [4.69, 9.17) is 4.74 Å². The highest BCUT2D eigenvalue weighted by Crippen LogP contribution is 2.52. The Hall–Kier alpha value is -4.25. The number of carbonyl (C=O) groups is 1. The molecule has 5 nitrogen and oxygen atoms in total. The van der Waals surface area contributed by atoms with E-state index in [1.54, 1.807) is 32.2 Å². The Balaban J connectivity index is 1.78. The van der Waals surface area contributed by atoms with E-state index in [2.05, 4.69) is 5.32 Å². The van der Waals surface area contributed by atoms with Gasteiger partial charge in [0.05, 0.1) is 7.11 Å². The van der Waals surface area contributed by atoms with Crippen LogP contribution in [0, 0.1) is 6.92 Å². The van der Waals surface area contributed by atoms with Crippen molar-refractivity contribution < 1.29 is 19.7 Å². The summed E-state index contributed by atoms with van der Waals surface area (Å²) < 4.78 is 5.37. The zero-order valence-electron chi connectivity index (χ0n) is 19.9. The zero-order chi connectivity index (χ0) is 24.7. The molecule has 35 heavy (non-hydrogen) atoms. The average Bonchev–Trinajstić information content (AvgIpc) is 3.17. The fourth-order valence-electron chi connectivity index (χ4n) is 5.07. The number of hydrogen-bond acceptors (Lipinski definition) is 4. The molecule has 4 aromatic carbocycles. The maximum Gasteiger partial charge on any atom is 0.244 e. The van der Waals surface area contributed by atoms with Crippen LogP contribution in [0.15, 0.2) is 78.9 Å². The molecule has 0 aromatic heterocycles. The SMILES string of the molecule is CCc1cccc(C2(c3ccc(O)c(C)c3)C(=O)Nc3cc(-c4cccc(OC)c4)ccc32)c1O. The zero-order valence-corrected chi connectivity index (χ0v) is 19.9. The van der Waals surface area contributed by atoms with Crippen LogP contribution in [-0.4, -0.2) is 23.2 Å². The van der Waals surface area contributed by atoms with E-state index < -0.39 is 5.41 Å². The molecule has 0 saturated heterocycles. The molecule has 3 N–H and O–H groups in total. The van der Waals surface area contributed by atoms with Gasteiger partial charge in [-0.25, -0.2) is 0 Å². The maximum absolute atomic E-state index is 13.9. The van der Waals surface area contributed by atoms with E-state index in [-0.39, 0.29) is 17.4 Å². The van der Waals surface area contributed by atoms with Crippen molar-refractivity contribution in [1.82, 2.24) is 0 Å². The van der Waals surface area contributed by atoms with Gasteiger partial charge in [-0.3, -0.25) is 4.79 Å². The molecule has 1 heterocycles. The summed E-state index contributed by atoms with van der Waals surface area (Å²) in [6, 6.07) is 24.4. The number of fused-ring (bicyclic) bond motifs is 1. The molecule has 5 heteroatoms. The molecule has 1 atom stereocenters. The van der Waals surface area contributed by atoms with Crippen LogP contribution in [0.3, 0.4) is 0 Å². The minimum atomic E-state index is -1.27. The van der Waals surface area contributed by atoms with Crippen molar-refractivity contribution in [3.8, 4) is 28.4 Å². The summed E-state index contributed by atoms with van der Waals surface area (Å²) in [6.07, 6.45) is 0.633. The normalized spacial score (nSPS) is 16.6. The fourth-order valence-corrected chi connectivity index (χ4v) is 5.07. The second-order valence-electron chi connectivity index (χ2n) is 8.86. The molecular weight excluding hydrogens is 438 g/mol. The molecule has 0 fully saturated rings. The third-order valence-corrected chi connectivity index (χ3v) is 6.95. The molecule has 1 unspecified atom stereocenters. The topological polar surface area (TPSA) is 78.8 Å². The van der Waals surface area contributed by atoms with Crippen LogP contribution in [0.2, 0.25) is 0 Å². The Kier molecular flexibility index (Phi) is 5.48. The first kappa shape index (κ1) is 22.5. The number of phenolic OH excluding ortho intramolecular Hbond substituents is 2. The molecule has 4 aromatic rings. The van der Waals surface area contributed by atoms with Crippen molar-refractivity contribution in [2.24, 2.45) is 0 Å². The number of para-hydroxylation sites is 1. The Bertz CT molecular complexity index is 1460. The molecule has 1 aliphatic heterocycles. The molecule has 0 bridgehead atoms. The number of ether oxygens (including phenoxy) is 1. The largest absolute Gasteiger partial charge is 0.508 e. The quantitative estimate of drug-likeness (QED) is 0.341. The average molecular weight is 466 g/mol. The summed E-state index contributed by atoms with van der Waals surface area (Å²) in [6.45, 7) is 3.77. The minimum absolute atomic E-state index is 0.112. The Morgan fingerprint density at radius 2 is 1.66 bits per heavy atom. The van der Waals surface area contributed by atoms with Crippen molar-refractivity contribution in [2.45, 2.75) is 25.7 Å². The number of methoxy groups -OCH3 is 1. The van der Waals surface area contributed by atoms with Crippen LogP contribution in [0.25, 0.3) is 11.1 Å². The standard InChI is InChI=1S/C30H27NO4/c1-4-19-7-6-10-25(28(19)33)30(22-12-14-27(32)18(2)15-22)24-13-11-21(17-26(24)31-29(30)34)20-8-5-9-23(16-20)35-3/h5-17,32-33H,4H2,1-3H3,(H,31,34). The third-order valence-electron chi connectivity index (χ3n) is 6.95. The second kappa shape index (κ2) is 8.51. The predicted octanol–water partition coefficient (Wildman–Crippen LogP) is 5.93. The van der Waals surface area contributed by atoms with E-state index in [0.717, 1.165) is 28.0 Å². The van der Waals surface area contributed by atoms with Crippen molar-refractivity contribution in [3.63, 3.8) is 0 Å². The summed E-state index contributed by atoms with van der Waals surface area (Å²) in [5.41, 5.74) is 4.70. The summed E-state index contributed by atoms with van der Waals surface area (Å²) in [5, 5.41) is 24.6. The van der Waals surface area contributed by atoms with Crippen LogP contribution in [-0.2, 0) is 16.6 Å². The van der Waals surface area contributed by atoms with E-state index in [9.17, 15) is 15.0 Å². The van der Waals surface area contributed by atoms with Gasteiger partial charge in [0.1, 0.15) is 22.7 Å². The highest BCUT2D eigenvalue weighted by Gasteiger charge is 2.51. The third kappa shape index (κ3) is 3.43. The lowest BCUT2D eigenvalue weighted by molar-refractivity contribution is -0.118. The Morgan fingerprint density at radius 1 is 0.886 bits per heavy atom. The first-order valence-corrected chi connectivity index (χ1v) is 11.6. The molecular formula is C30H27NO4. The van der Waals surface area contributed by atoms with E-state index >= 15 is 0 Å². The Labute approximate surface area is 204 Å². The molecule has 1 amide bonds. The second-order valence-corrected chi connectivity index (χ2v) is 8.86. The van der Waals surface area contributed by atoms with Gasteiger partial charge in [-0.15, -0.1) is 0 Å². The molecule has 0 saturated carbocycles. The van der Waals surface area contributed by atoms with Gasteiger partial charge in [-0.1, -0.05) is 61.5 Å². The van der Waals surface area contributed by atoms with Crippen LogP contribution in [0.1, 0.15) is 34.7 Å². The predicted molar refractivity (Wildman–Crippen MR) is 137 cm³/mol. The van der Waals surface area contributed by atoms with Gasteiger partial charge in [0.15, 0.2) is 0 Å². The lowest BCUT2D eigenvalue weighted by Gasteiger charge is -2.30. The minimum Gasteiger partial charge on any atom is -0.508 e. The first-order chi connectivity index (χ1) is 16.9. The van der Waals surface area contributed by atoms with E-state index in [1.165, 1.54) is 0 Å². The number of amides is 1. The van der Waals surface area contributed by atoms with Gasteiger partial charge in [-0.2, -0.15) is 0 Å². The number of rotatable bonds is 5. The van der Waals surface area contributed by atoms with E-state index in [0.29, 0.717) is 28.8 Å². The van der Waals surface area contributed by atoms with Crippen molar-refractivity contribution in [1.29, 1.82) is 0 Å². The number of benzene rings is 4. The van der Waals surface area contributed by atoms with E-state index in [1.807, 2.05) is 67.6 Å². The number of carbonyl (C=O) groups excluding carboxylic acids is 1. The monoisotopic (exact) mass is 465 g/mol. The molecule has 176 valence electrons. The number of aryl methyl sites for hydroxylation is 2. The van der Waals surface area contributed by atoms with Crippen LogP contribution in [0.5, 0.6) is 17.2 Å². The lowest BCUT2D eigenvalue weighted by Crippen LogP contribution is -2.37. The van der Waals surface area contributed by atoms with Crippen LogP contribution < -0.4 is 10.1 Å². The van der Waals surface area contributed by atoms with Gasteiger partial charge < -0.3 is 20.3 Å². The number of aromatic hydroxyl groups is 2. The van der Waals surface area contributed by atoms with Gasteiger partial charge in [0.25, 0.3) is 0 Å². The number of hydrogen-bond donors (Lipinski definition) is 3. The van der Waals surface area contributed by atoms with Gasteiger partial charge in [0, 0.05) is 16.8 Å². The molecule has 1 aliphatic rings. The molecule has 5 rings (SSSR count). The lowest BCUT2D eigenvalue weighted by atomic mass is 9.69. The molecule has 0 aliphatic carbocycles. The fraction of sp³-hybridized carbons (Fsp3) is 0.167. The number of nitrogens with one attached hydrogen (secondary N) is 1. The maximum atomic E-state index is 13.9. The number of anilines is 1. The van der Waals surface area contributed by atoms with Gasteiger partial charge >= 0.3 is 0 Å². The highest BCUT2D eigenvalue weighted by molar-refractivity contribution is 6.12. The smallest absolute Gasteiger partial charge is 0.244 e. The number of phenols is 2. The van der Waals surface area contributed by atoms with Gasteiger partial charge in [0.2, 0.25) is 5.91 Å². The Morgan fingerprint density at radius 3 is 2.40 bits per heavy atom. The highest BCUT2D eigenvalue weighted by atomic mass is 16.5.